The van der Waals surface area contributed by atoms with Gasteiger partial charge in [0.2, 0.25) is 0 Å². The Hall–Kier alpha value is -2.79. The first kappa shape index (κ1) is 19.5. The van der Waals surface area contributed by atoms with E-state index in [0.717, 1.165) is 5.75 Å². The van der Waals surface area contributed by atoms with E-state index >= 15 is 0 Å². The van der Waals surface area contributed by atoms with E-state index in [4.69, 9.17) is 21.1 Å². The third-order valence-corrected chi connectivity index (χ3v) is 3.66. The smallest absolute Gasteiger partial charge is 0.343 e. The molecule has 26 heavy (non-hydrogen) atoms. The van der Waals surface area contributed by atoms with Gasteiger partial charge in [0.15, 0.2) is 0 Å². The zero-order valence-electron chi connectivity index (χ0n) is 14.4. The number of hydrogen-bond acceptors (Lipinski definition) is 5. The van der Waals surface area contributed by atoms with Crippen LogP contribution in [0.15, 0.2) is 65.2 Å². The van der Waals surface area contributed by atoms with E-state index < -0.39 is 5.97 Å². The molecule has 0 radical (unpaired) electrons. The van der Waals surface area contributed by atoms with Crippen LogP contribution in [0.3, 0.4) is 0 Å². The number of esters is 1. The number of nitrogens with zero attached hydrogens (tertiary/aromatic N) is 1. The Morgan fingerprint density at radius 1 is 1.15 bits per heavy atom. The van der Waals surface area contributed by atoms with Gasteiger partial charge in [-0.1, -0.05) is 41.9 Å². The number of aliphatic hydroxyl groups excluding tert-OH is 1. The van der Waals surface area contributed by atoms with Crippen LogP contribution >= 0.6 is 11.6 Å². The second-order valence-electron chi connectivity index (χ2n) is 5.16. The maximum Gasteiger partial charge on any atom is 0.343 e. The molecule has 0 bridgehead atoms. The standard InChI is InChI=1S/C20H20ClNO4/c1-2-25-20(24)17(19(23)16-10-6-7-11-18(16)21)14-22-12-13-26-15-8-4-3-5-9-15/h3-11,14,23H,2,12-13H2,1H3. The van der Waals surface area contributed by atoms with Crippen molar-refractivity contribution in [3.8, 4) is 5.75 Å². The molecule has 0 saturated heterocycles. The Bertz CT molecular complexity index is 787. The molecule has 0 heterocycles. The average Bonchev–Trinajstić information content (AvgIpc) is 2.65. The van der Waals surface area contributed by atoms with E-state index in [1.807, 2.05) is 30.3 Å². The first-order valence-electron chi connectivity index (χ1n) is 8.16. The highest BCUT2D eigenvalue weighted by Crippen LogP contribution is 2.24. The molecule has 5 nitrogen and oxygen atoms in total. The van der Waals surface area contributed by atoms with Crippen molar-refractivity contribution in [1.82, 2.24) is 0 Å². The second kappa shape index (κ2) is 10.3. The molecule has 2 aromatic rings. The lowest BCUT2D eigenvalue weighted by atomic mass is 10.1. The van der Waals surface area contributed by atoms with E-state index in [1.54, 1.807) is 31.2 Å². The summed E-state index contributed by atoms with van der Waals surface area (Å²) in [6.45, 7) is 2.52. The summed E-state index contributed by atoms with van der Waals surface area (Å²) < 4.78 is 10.5. The molecule has 0 aromatic heterocycles. The number of benzene rings is 2. The van der Waals surface area contributed by atoms with E-state index in [9.17, 15) is 9.90 Å². The first-order valence-corrected chi connectivity index (χ1v) is 8.54. The van der Waals surface area contributed by atoms with E-state index in [-0.39, 0.29) is 17.9 Å². The Morgan fingerprint density at radius 3 is 2.54 bits per heavy atom. The summed E-state index contributed by atoms with van der Waals surface area (Å²) in [4.78, 5) is 16.3. The minimum atomic E-state index is -0.669. The molecule has 0 aliphatic heterocycles. The molecule has 0 aliphatic carbocycles. The lowest BCUT2D eigenvalue weighted by molar-refractivity contribution is -0.137. The van der Waals surface area contributed by atoms with E-state index in [0.29, 0.717) is 23.7 Å². The van der Waals surface area contributed by atoms with Crippen LogP contribution < -0.4 is 4.74 Å². The van der Waals surface area contributed by atoms with Crippen LogP contribution in [0.4, 0.5) is 0 Å². The van der Waals surface area contributed by atoms with Gasteiger partial charge in [-0.25, -0.2) is 4.79 Å². The van der Waals surface area contributed by atoms with Crippen LogP contribution in [0.25, 0.3) is 5.76 Å². The third-order valence-electron chi connectivity index (χ3n) is 3.33. The number of ether oxygens (including phenoxy) is 2. The highest BCUT2D eigenvalue weighted by molar-refractivity contribution is 6.32. The van der Waals surface area contributed by atoms with Gasteiger partial charge in [0.25, 0.3) is 0 Å². The van der Waals surface area contributed by atoms with Crippen molar-refractivity contribution in [3.05, 3.63) is 70.8 Å². The largest absolute Gasteiger partial charge is 0.506 e. The molecule has 2 aromatic carbocycles. The third kappa shape index (κ3) is 5.63. The van der Waals surface area contributed by atoms with Gasteiger partial charge in [-0.2, -0.15) is 0 Å². The van der Waals surface area contributed by atoms with Crippen LogP contribution in [0.1, 0.15) is 12.5 Å². The molecule has 0 spiro atoms. The van der Waals surface area contributed by atoms with Gasteiger partial charge in [0, 0.05) is 11.8 Å². The number of aliphatic hydroxyl groups is 1. The van der Waals surface area contributed by atoms with Crippen molar-refractivity contribution >= 4 is 29.5 Å². The van der Waals surface area contributed by atoms with Gasteiger partial charge >= 0.3 is 5.97 Å². The normalized spacial score (nSPS) is 11.9. The minimum absolute atomic E-state index is 0.0559. The summed E-state index contributed by atoms with van der Waals surface area (Å²) in [5.41, 5.74) is 0.281. The Labute approximate surface area is 157 Å². The van der Waals surface area contributed by atoms with Crippen LogP contribution in [-0.2, 0) is 9.53 Å². The molecule has 0 saturated carbocycles. The number of carbonyl (C=O) groups is 1. The molecule has 136 valence electrons. The van der Waals surface area contributed by atoms with Crippen molar-refractivity contribution in [1.29, 1.82) is 0 Å². The Kier molecular flexibility index (Phi) is 7.71. The lowest BCUT2D eigenvalue weighted by Crippen LogP contribution is -2.12. The second-order valence-corrected chi connectivity index (χ2v) is 5.57. The summed E-state index contributed by atoms with van der Waals surface area (Å²) in [5, 5.41) is 10.8. The number of carbonyl (C=O) groups excluding carboxylic acids is 1. The zero-order valence-corrected chi connectivity index (χ0v) is 15.1. The predicted octanol–water partition coefficient (Wildman–Crippen LogP) is 4.32. The van der Waals surface area contributed by atoms with Crippen LogP contribution in [0.2, 0.25) is 5.02 Å². The number of aliphatic imine (C=N–C) groups is 1. The fraction of sp³-hybridized carbons (Fsp3) is 0.200. The van der Waals surface area contributed by atoms with Crippen LogP contribution in [0, 0.1) is 0 Å². The maximum absolute atomic E-state index is 12.1. The summed E-state index contributed by atoms with van der Waals surface area (Å²) >= 11 is 6.09. The fourth-order valence-electron chi connectivity index (χ4n) is 2.11. The summed E-state index contributed by atoms with van der Waals surface area (Å²) in [7, 11) is 0. The fourth-order valence-corrected chi connectivity index (χ4v) is 2.33. The molecule has 6 heteroatoms. The van der Waals surface area contributed by atoms with Gasteiger partial charge in [-0.15, -0.1) is 0 Å². The maximum atomic E-state index is 12.1. The van der Waals surface area contributed by atoms with Crippen molar-refractivity contribution < 1.29 is 19.4 Å². The predicted molar refractivity (Wildman–Crippen MR) is 103 cm³/mol. The summed E-state index contributed by atoms with van der Waals surface area (Å²) in [6.07, 6.45) is 1.28. The van der Waals surface area contributed by atoms with Gasteiger partial charge < -0.3 is 14.6 Å². The van der Waals surface area contributed by atoms with Gasteiger partial charge in [0.1, 0.15) is 23.7 Å². The number of rotatable bonds is 8. The van der Waals surface area contributed by atoms with Gasteiger partial charge in [-0.05, 0) is 31.2 Å². The molecule has 0 atom stereocenters. The highest BCUT2D eigenvalue weighted by Gasteiger charge is 2.17. The SMILES string of the molecule is CCOC(=O)C(C=NCCOc1ccccc1)=C(O)c1ccccc1Cl. The molecule has 0 amide bonds. The topological polar surface area (TPSA) is 68.1 Å². The Morgan fingerprint density at radius 2 is 1.85 bits per heavy atom. The molecular weight excluding hydrogens is 354 g/mol. The van der Waals surface area contributed by atoms with Gasteiger partial charge in [0.05, 0.1) is 18.2 Å². The minimum Gasteiger partial charge on any atom is -0.506 e. The van der Waals surface area contributed by atoms with Crippen molar-refractivity contribution in [2.45, 2.75) is 6.92 Å². The zero-order chi connectivity index (χ0) is 18.8. The van der Waals surface area contributed by atoms with E-state index in [2.05, 4.69) is 4.99 Å². The lowest BCUT2D eigenvalue weighted by Gasteiger charge is -2.08. The van der Waals surface area contributed by atoms with Crippen LogP contribution in [0.5, 0.6) is 5.75 Å². The molecule has 0 unspecified atom stereocenters. The molecule has 1 N–H and O–H groups in total. The van der Waals surface area contributed by atoms with E-state index in [1.165, 1.54) is 6.21 Å². The molecular formula is C20H20ClNO4. The van der Waals surface area contributed by atoms with Crippen molar-refractivity contribution in [2.75, 3.05) is 19.8 Å². The summed E-state index contributed by atoms with van der Waals surface area (Å²) in [6, 6.07) is 16.0. The Balaban J connectivity index is 2.11. The van der Waals surface area contributed by atoms with Gasteiger partial charge in [-0.3, -0.25) is 4.99 Å². The van der Waals surface area contributed by atoms with Crippen molar-refractivity contribution in [2.24, 2.45) is 4.99 Å². The van der Waals surface area contributed by atoms with Crippen LogP contribution in [-0.4, -0.2) is 37.0 Å². The first-order chi connectivity index (χ1) is 12.6. The molecule has 0 aliphatic rings. The quantitative estimate of drug-likeness (QED) is 0.246. The summed E-state index contributed by atoms with van der Waals surface area (Å²) in [5.74, 6) is -0.206. The highest BCUT2D eigenvalue weighted by atomic mass is 35.5. The number of hydrogen-bond donors (Lipinski definition) is 1. The molecule has 0 fully saturated rings. The monoisotopic (exact) mass is 373 g/mol. The number of para-hydroxylation sites is 1. The molecule has 2 rings (SSSR count). The van der Waals surface area contributed by atoms with Crippen molar-refractivity contribution in [3.63, 3.8) is 0 Å². The number of halogens is 1. The average molecular weight is 374 g/mol.